The highest BCUT2D eigenvalue weighted by Crippen LogP contribution is 2.13. The molecule has 0 rings (SSSR count). The van der Waals surface area contributed by atoms with Gasteiger partial charge in [-0.05, 0) is 32.6 Å². The Morgan fingerprint density at radius 2 is 1.56 bits per heavy atom. The zero-order chi connectivity index (χ0) is 13.6. The third-order valence-corrected chi connectivity index (χ3v) is 3.26. The van der Waals surface area contributed by atoms with Crippen LogP contribution in [0.25, 0.3) is 0 Å². The molecular formula is C16H30O2. The number of allylic oxidation sites excluding steroid dienone is 2. The molecule has 0 aromatic heterocycles. The molecule has 1 N–H and O–H groups in total. The quantitative estimate of drug-likeness (QED) is 0.377. The predicted molar refractivity (Wildman–Crippen MR) is 77.9 cm³/mol. The number of carboxylic acid groups (broad SMARTS) is 1. The number of hydrogen-bond donors (Lipinski definition) is 1. The summed E-state index contributed by atoms with van der Waals surface area (Å²) in [7, 11) is 0. The summed E-state index contributed by atoms with van der Waals surface area (Å²) in [4.78, 5) is 10.3. The van der Waals surface area contributed by atoms with Gasteiger partial charge in [-0.1, -0.05) is 57.1 Å². The number of unbranched alkanes of at least 4 members (excludes halogenated alkanes) is 7. The second kappa shape index (κ2) is 12.7. The molecule has 0 heterocycles. The molecule has 2 nitrogen and oxygen atoms in total. The SMILES string of the molecule is CCCCCCCCC/C(C)=C/CCCC(=O)O. The second-order valence-electron chi connectivity index (χ2n) is 5.21. The molecule has 0 aliphatic rings. The number of hydrogen-bond acceptors (Lipinski definition) is 1. The van der Waals surface area contributed by atoms with Gasteiger partial charge in [0.2, 0.25) is 0 Å². The van der Waals surface area contributed by atoms with Gasteiger partial charge in [0.1, 0.15) is 0 Å². The van der Waals surface area contributed by atoms with Crippen LogP contribution < -0.4 is 0 Å². The van der Waals surface area contributed by atoms with E-state index in [-0.39, 0.29) is 0 Å². The Bertz CT molecular complexity index is 231. The van der Waals surface area contributed by atoms with Crippen LogP contribution in [-0.2, 0) is 4.79 Å². The lowest BCUT2D eigenvalue weighted by Crippen LogP contribution is -1.92. The fourth-order valence-corrected chi connectivity index (χ4v) is 2.06. The van der Waals surface area contributed by atoms with Crippen molar-refractivity contribution in [1.82, 2.24) is 0 Å². The van der Waals surface area contributed by atoms with Gasteiger partial charge in [-0.3, -0.25) is 4.79 Å². The first-order valence-electron chi connectivity index (χ1n) is 7.54. The van der Waals surface area contributed by atoms with E-state index in [4.69, 9.17) is 5.11 Å². The van der Waals surface area contributed by atoms with Gasteiger partial charge in [-0.25, -0.2) is 0 Å². The molecule has 18 heavy (non-hydrogen) atoms. The normalized spacial score (nSPS) is 11.8. The van der Waals surface area contributed by atoms with E-state index in [1.165, 1.54) is 56.9 Å². The molecule has 0 saturated carbocycles. The Morgan fingerprint density at radius 1 is 0.944 bits per heavy atom. The molecule has 2 heteroatoms. The van der Waals surface area contributed by atoms with E-state index in [0.717, 1.165) is 12.8 Å². The minimum atomic E-state index is -0.687. The lowest BCUT2D eigenvalue weighted by Gasteiger charge is -2.02. The fourth-order valence-electron chi connectivity index (χ4n) is 2.06. The monoisotopic (exact) mass is 254 g/mol. The topological polar surface area (TPSA) is 37.3 Å². The number of rotatable bonds is 12. The average Bonchev–Trinajstić information content (AvgIpc) is 2.33. The zero-order valence-corrected chi connectivity index (χ0v) is 12.2. The van der Waals surface area contributed by atoms with Crippen LogP contribution in [0.3, 0.4) is 0 Å². The van der Waals surface area contributed by atoms with Crippen LogP contribution >= 0.6 is 0 Å². The van der Waals surface area contributed by atoms with E-state index in [9.17, 15) is 4.79 Å². The summed E-state index contributed by atoms with van der Waals surface area (Å²) < 4.78 is 0. The van der Waals surface area contributed by atoms with E-state index in [1.54, 1.807) is 0 Å². The summed E-state index contributed by atoms with van der Waals surface area (Å²) in [6.45, 7) is 4.41. The van der Waals surface area contributed by atoms with Crippen LogP contribution in [0.1, 0.15) is 84.5 Å². The zero-order valence-electron chi connectivity index (χ0n) is 12.2. The molecule has 0 spiro atoms. The average molecular weight is 254 g/mol. The van der Waals surface area contributed by atoms with Crippen molar-refractivity contribution < 1.29 is 9.90 Å². The van der Waals surface area contributed by atoms with E-state index < -0.39 is 5.97 Å². The van der Waals surface area contributed by atoms with Crippen LogP contribution in [0.4, 0.5) is 0 Å². The first kappa shape index (κ1) is 17.2. The molecular weight excluding hydrogens is 224 g/mol. The Morgan fingerprint density at radius 3 is 2.17 bits per heavy atom. The van der Waals surface area contributed by atoms with Crippen molar-refractivity contribution in [2.75, 3.05) is 0 Å². The Balaban J connectivity index is 3.32. The standard InChI is InChI=1S/C16H30O2/c1-3-4-5-6-7-8-9-12-15(2)13-10-11-14-16(17)18/h13H,3-12,14H2,1-2H3,(H,17,18)/b15-13+. The molecule has 0 aliphatic heterocycles. The van der Waals surface area contributed by atoms with Gasteiger partial charge in [0.15, 0.2) is 0 Å². The maximum Gasteiger partial charge on any atom is 0.303 e. The van der Waals surface area contributed by atoms with Gasteiger partial charge >= 0.3 is 5.97 Å². The fraction of sp³-hybridized carbons (Fsp3) is 0.812. The molecule has 0 amide bonds. The van der Waals surface area contributed by atoms with Gasteiger partial charge in [0.05, 0.1) is 0 Å². The Kier molecular flexibility index (Phi) is 12.1. The molecule has 0 unspecified atom stereocenters. The van der Waals surface area contributed by atoms with Crippen molar-refractivity contribution in [2.24, 2.45) is 0 Å². The summed E-state index contributed by atoms with van der Waals surface area (Å²) in [5.41, 5.74) is 1.42. The molecule has 0 atom stereocenters. The lowest BCUT2D eigenvalue weighted by molar-refractivity contribution is -0.137. The molecule has 0 aliphatic carbocycles. The summed E-state index contributed by atoms with van der Waals surface area (Å²) in [5.74, 6) is -0.687. The van der Waals surface area contributed by atoms with E-state index >= 15 is 0 Å². The van der Waals surface area contributed by atoms with Crippen LogP contribution in [0, 0.1) is 0 Å². The molecule has 0 aromatic rings. The lowest BCUT2D eigenvalue weighted by atomic mass is 10.0. The van der Waals surface area contributed by atoms with Crippen molar-refractivity contribution in [3.8, 4) is 0 Å². The number of aliphatic carboxylic acids is 1. The van der Waals surface area contributed by atoms with Crippen molar-refractivity contribution in [3.05, 3.63) is 11.6 Å². The highest BCUT2D eigenvalue weighted by Gasteiger charge is 1.96. The van der Waals surface area contributed by atoms with Crippen molar-refractivity contribution in [2.45, 2.75) is 84.5 Å². The largest absolute Gasteiger partial charge is 0.481 e. The summed E-state index contributed by atoms with van der Waals surface area (Å²) in [6.07, 6.45) is 14.8. The smallest absolute Gasteiger partial charge is 0.303 e. The molecule has 0 radical (unpaired) electrons. The molecule has 0 bridgehead atoms. The predicted octanol–water partition coefficient (Wildman–Crippen LogP) is 5.33. The van der Waals surface area contributed by atoms with Crippen LogP contribution in [0.2, 0.25) is 0 Å². The maximum absolute atomic E-state index is 10.3. The van der Waals surface area contributed by atoms with Crippen molar-refractivity contribution in [1.29, 1.82) is 0 Å². The van der Waals surface area contributed by atoms with Crippen LogP contribution in [0.15, 0.2) is 11.6 Å². The summed E-state index contributed by atoms with van der Waals surface area (Å²) >= 11 is 0. The van der Waals surface area contributed by atoms with Gasteiger partial charge in [-0.15, -0.1) is 0 Å². The van der Waals surface area contributed by atoms with Gasteiger partial charge in [-0.2, -0.15) is 0 Å². The van der Waals surface area contributed by atoms with Crippen LogP contribution in [0.5, 0.6) is 0 Å². The molecule has 0 fully saturated rings. The number of carbonyl (C=O) groups is 1. The number of carboxylic acids is 1. The molecule has 106 valence electrons. The van der Waals surface area contributed by atoms with E-state index in [1.807, 2.05) is 0 Å². The first-order chi connectivity index (χ1) is 8.66. The molecule has 0 saturated heterocycles. The summed E-state index contributed by atoms with van der Waals surface area (Å²) in [5, 5.41) is 8.52. The van der Waals surface area contributed by atoms with Gasteiger partial charge in [0, 0.05) is 6.42 Å². The van der Waals surface area contributed by atoms with Crippen molar-refractivity contribution >= 4 is 5.97 Å². The third kappa shape index (κ3) is 13.3. The summed E-state index contributed by atoms with van der Waals surface area (Å²) in [6, 6.07) is 0. The minimum Gasteiger partial charge on any atom is -0.481 e. The first-order valence-corrected chi connectivity index (χ1v) is 7.54. The maximum atomic E-state index is 10.3. The second-order valence-corrected chi connectivity index (χ2v) is 5.21. The van der Waals surface area contributed by atoms with Crippen LogP contribution in [-0.4, -0.2) is 11.1 Å². The van der Waals surface area contributed by atoms with Crippen molar-refractivity contribution in [3.63, 3.8) is 0 Å². The Labute approximate surface area is 112 Å². The highest BCUT2D eigenvalue weighted by atomic mass is 16.4. The Hall–Kier alpha value is -0.790. The molecule has 0 aromatic carbocycles. The highest BCUT2D eigenvalue weighted by molar-refractivity contribution is 5.66. The third-order valence-electron chi connectivity index (χ3n) is 3.26. The van der Waals surface area contributed by atoms with E-state index in [2.05, 4.69) is 19.9 Å². The van der Waals surface area contributed by atoms with Gasteiger partial charge < -0.3 is 5.11 Å². The van der Waals surface area contributed by atoms with Gasteiger partial charge in [0.25, 0.3) is 0 Å². The minimum absolute atomic E-state index is 0.293. The van der Waals surface area contributed by atoms with E-state index in [0.29, 0.717) is 6.42 Å².